The van der Waals surface area contributed by atoms with Crippen LogP contribution in [0.25, 0.3) is 0 Å². The number of hydrogen-bond donors (Lipinski definition) is 2. The van der Waals surface area contributed by atoms with Gasteiger partial charge in [-0.25, -0.2) is 4.79 Å². The lowest BCUT2D eigenvalue weighted by Gasteiger charge is -2.20. The second-order valence-corrected chi connectivity index (χ2v) is 7.82. The molecule has 0 radical (unpaired) electrons. The summed E-state index contributed by atoms with van der Waals surface area (Å²) in [5.41, 5.74) is 1.85. The summed E-state index contributed by atoms with van der Waals surface area (Å²) in [5, 5.41) is 13.0. The van der Waals surface area contributed by atoms with Gasteiger partial charge in [0, 0.05) is 23.7 Å². The number of thioether (sulfide) groups is 1. The van der Waals surface area contributed by atoms with Gasteiger partial charge >= 0.3 is 6.03 Å². The number of rotatable bonds is 5. The number of aromatic hydroxyl groups is 1. The Morgan fingerprint density at radius 2 is 1.84 bits per heavy atom. The molecule has 0 aliphatic heterocycles. The third-order valence-corrected chi connectivity index (χ3v) is 5.84. The molecule has 0 saturated heterocycles. The van der Waals surface area contributed by atoms with Gasteiger partial charge in [0.25, 0.3) is 0 Å². The number of anilines is 1. The van der Waals surface area contributed by atoms with Gasteiger partial charge in [-0.3, -0.25) is 0 Å². The van der Waals surface area contributed by atoms with Gasteiger partial charge in [0.1, 0.15) is 5.75 Å². The number of para-hydroxylation sites is 1. The fourth-order valence-electron chi connectivity index (χ4n) is 3.02. The zero-order chi connectivity index (χ0) is 17.6. The van der Waals surface area contributed by atoms with Crippen molar-refractivity contribution in [2.24, 2.45) is 0 Å². The van der Waals surface area contributed by atoms with Crippen molar-refractivity contribution in [2.75, 3.05) is 12.4 Å². The van der Waals surface area contributed by atoms with Gasteiger partial charge in [-0.15, -0.1) is 11.8 Å². The van der Waals surface area contributed by atoms with Crippen molar-refractivity contribution >= 4 is 23.5 Å². The Morgan fingerprint density at radius 3 is 2.56 bits per heavy atom. The number of nitrogens with one attached hydrogen (secondary N) is 1. The third-order valence-electron chi connectivity index (χ3n) is 4.43. The van der Waals surface area contributed by atoms with Gasteiger partial charge in [0.05, 0.1) is 5.69 Å². The summed E-state index contributed by atoms with van der Waals surface area (Å²) in [5.74, 6) is 0.230. The molecule has 2 amide bonds. The van der Waals surface area contributed by atoms with Gasteiger partial charge in [0.2, 0.25) is 0 Å². The van der Waals surface area contributed by atoms with Crippen LogP contribution in [0.3, 0.4) is 0 Å². The maximum Gasteiger partial charge on any atom is 0.321 e. The second kappa shape index (κ2) is 8.30. The molecule has 1 aliphatic carbocycles. The first-order chi connectivity index (χ1) is 12.1. The van der Waals surface area contributed by atoms with Crippen molar-refractivity contribution in [3.63, 3.8) is 0 Å². The van der Waals surface area contributed by atoms with E-state index in [2.05, 4.69) is 11.4 Å². The number of hydrogen-bond acceptors (Lipinski definition) is 3. The second-order valence-electron chi connectivity index (χ2n) is 6.47. The van der Waals surface area contributed by atoms with Crippen molar-refractivity contribution in [1.82, 2.24) is 4.90 Å². The number of phenols is 1. The number of carbonyl (C=O) groups is 1. The van der Waals surface area contributed by atoms with Crippen LogP contribution in [0.5, 0.6) is 5.75 Å². The molecular formula is C20H24N2O2S. The van der Waals surface area contributed by atoms with Gasteiger partial charge in [-0.05, 0) is 42.7 Å². The molecule has 132 valence electrons. The highest BCUT2D eigenvalue weighted by Crippen LogP contribution is 2.38. The van der Waals surface area contributed by atoms with E-state index in [1.165, 1.54) is 25.7 Å². The van der Waals surface area contributed by atoms with Crippen molar-refractivity contribution in [3.05, 3.63) is 54.1 Å². The van der Waals surface area contributed by atoms with Crippen molar-refractivity contribution < 1.29 is 9.90 Å². The van der Waals surface area contributed by atoms with E-state index in [1.807, 2.05) is 42.1 Å². The van der Waals surface area contributed by atoms with E-state index in [9.17, 15) is 9.90 Å². The van der Waals surface area contributed by atoms with E-state index in [1.54, 1.807) is 24.1 Å². The lowest BCUT2D eigenvalue weighted by molar-refractivity contribution is 0.220. The van der Waals surface area contributed by atoms with Crippen LogP contribution in [0.2, 0.25) is 0 Å². The van der Waals surface area contributed by atoms with E-state index in [0.29, 0.717) is 11.8 Å². The smallest absolute Gasteiger partial charge is 0.321 e. The molecule has 1 aliphatic rings. The first kappa shape index (κ1) is 17.7. The summed E-state index contributed by atoms with van der Waals surface area (Å²) in [6.45, 7) is 0.490. The molecule has 0 unspecified atom stereocenters. The standard InChI is InChI=1S/C20H24N2O2S/c1-22(14-15-10-12-16(23)13-11-15)20(24)21-18-8-4-5-9-19(18)25-17-6-2-3-7-17/h4-5,8-13,17,23H,2-3,6-7,14H2,1H3,(H,21,24). The minimum absolute atomic E-state index is 0.132. The summed E-state index contributed by atoms with van der Waals surface area (Å²) in [6, 6.07) is 14.8. The molecule has 2 N–H and O–H groups in total. The minimum Gasteiger partial charge on any atom is -0.508 e. The predicted octanol–water partition coefficient (Wildman–Crippen LogP) is 5.09. The van der Waals surface area contributed by atoms with Crippen LogP contribution >= 0.6 is 11.8 Å². The quantitative estimate of drug-likeness (QED) is 0.784. The van der Waals surface area contributed by atoms with Crippen LogP contribution in [-0.2, 0) is 6.54 Å². The van der Waals surface area contributed by atoms with Crippen LogP contribution in [0.4, 0.5) is 10.5 Å². The van der Waals surface area contributed by atoms with Crippen molar-refractivity contribution in [3.8, 4) is 5.75 Å². The summed E-state index contributed by atoms with van der Waals surface area (Å²) in [6.07, 6.45) is 5.13. The highest BCUT2D eigenvalue weighted by molar-refractivity contribution is 8.00. The van der Waals surface area contributed by atoms with Gasteiger partial charge in [-0.2, -0.15) is 0 Å². The summed E-state index contributed by atoms with van der Waals surface area (Å²) in [4.78, 5) is 15.3. The van der Waals surface area contributed by atoms with Gasteiger partial charge in [-0.1, -0.05) is 37.1 Å². The molecule has 0 spiro atoms. The van der Waals surface area contributed by atoms with Crippen LogP contribution in [0.15, 0.2) is 53.4 Å². The van der Waals surface area contributed by atoms with E-state index in [4.69, 9.17) is 0 Å². The Hall–Kier alpha value is -2.14. The number of benzene rings is 2. The number of urea groups is 1. The highest BCUT2D eigenvalue weighted by atomic mass is 32.2. The van der Waals surface area contributed by atoms with Crippen LogP contribution in [0, 0.1) is 0 Å². The molecule has 1 saturated carbocycles. The maximum atomic E-state index is 12.5. The molecule has 0 atom stereocenters. The lowest BCUT2D eigenvalue weighted by atomic mass is 10.2. The topological polar surface area (TPSA) is 52.6 Å². The first-order valence-electron chi connectivity index (χ1n) is 8.67. The van der Waals surface area contributed by atoms with Gasteiger partial charge in [0.15, 0.2) is 0 Å². The molecule has 25 heavy (non-hydrogen) atoms. The third kappa shape index (κ3) is 4.92. The zero-order valence-electron chi connectivity index (χ0n) is 14.4. The van der Waals surface area contributed by atoms with E-state index in [0.717, 1.165) is 16.1 Å². The fraction of sp³-hybridized carbons (Fsp3) is 0.350. The molecule has 0 heterocycles. The monoisotopic (exact) mass is 356 g/mol. The minimum atomic E-state index is -0.132. The van der Waals surface area contributed by atoms with Crippen LogP contribution in [-0.4, -0.2) is 28.3 Å². The first-order valence-corrected chi connectivity index (χ1v) is 9.55. The Bertz CT molecular complexity index is 712. The zero-order valence-corrected chi connectivity index (χ0v) is 15.3. The lowest BCUT2D eigenvalue weighted by Crippen LogP contribution is -2.31. The van der Waals surface area contributed by atoms with Crippen LogP contribution in [0.1, 0.15) is 31.2 Å². The van der Waals surface area contributed by atoms with Crippen LogP contribution < -0.4 is 5.32 Å². The average Bonchev–Trinajstić information content (AvgIpc) is 3.11. The Balaban J connectivity index is 1.62. The molecule has 3 rings (SSSR count). The fourth-order valence-corrected chi connectivity index (χ4v) is 4.35. The summed E-state index contributed by atoms with van der Waals surface area (Å²) >= 11 is 1.88. The molecular weight excluding hydrogens is 332 g/mol. The largest absolute Gasteiger partial charge is 0.508 e. The van der Waals surface area contributed by atoms with E-state index in [-0.39, 0.29) is 11.8 Å². The van der Waals surface area contributed by atoms with Crippen molar-refractivity contribution in [1.29, 1.82) is 0 Å². The number of phenolic OH excluding ortho intramolecular Hbond substituents is 1. The van der Waals surface area contributed by atoms with Crippen molar-refractivity contribution in [2.45, 2.75) is 42.4 Å². The summed E-state index contributed by atoms with van der Waals surface area (Å²) in [7, 11) is 1.77. The highest BCUT2D eigenvalue weighted by Gasteiger charge is 2.18. The number of amides is 2. The molecule has 0 bridgehead atoms. The molecule has 1 fully saturated rings. The number of nitrogens with zero attached hydrogens (tertiary/aromatic N) is 1. The summed E-state index contributed by atoms with van der Waals surface area (Å²) < 4.78 is 0. The Labute approximate surface area is 153 Å². The number of carbonyl (C=O) groups excluding carboxylic acids is 1. The Kier molecular flexibility index (Phi) is 5.87. The molecule has 2 aromatic carbocycles. The van der Waals surface area contributed by atoms with E-state index < -0.39 is 0 Å². The maximum absolute atomic E-state index is 12.5. The molecule has 4 nitrogen and oxygen atoms in total. The molecule has 5 heteroatoms. The predicted molar refractivity (Wildman–Crippen MR) is 103 cm³/mol. The van der Waals surface area contributed by atoms with E-state index >= 15 is 0 Å². The molecule has 2 aromatic rings. The SMILES string of the molecule is CN(Cc1ccc(O)cc1)C(=O)Nc1ccccc1SC1CCCC1. The van der Waals surface area contributed by atoms with Gasteiger partial charge < -0.3 is 15.3 Å². The molecule has 0 aromatic heterocycles. The Morgan fingerprint density at radius 1 is 1.16 bits per heavy atom. The normalized spacial score (nSPS) is 14.4. The average molecular weight is 356 g/mol.